The highest BCUT2D eigenvalue weighted by Crippen LogP contribution is 2.31. The van der Waals surface area contributed by atoms with Crippen molar-refractivity contribution in [3.05, 3.63) is 88.2 Å². The molecule has 0 bridgehead atoms. The van der Waals surface area contributed by atoms with Gasteiger partial charge in [-0.05, 0) is 48.0 Å². The number of carbonyl (C=O) groups is 1. The second kappa shape index (κ2) is 8.88. The van der Waals surface area contributed by atoms with E-state index in [1.807, 2.05) is 12.1 Å². The first-order chi connectivity index (χ1) is 14.0. The molecule has 0 aliphatic heterocycles. The molecule has 0 aromatic heterocycles. The molecule has 7 heteroatoms. The van der Waals surface area contributed by atoms with E-state index in [9.17, 15) is 9.18 Å². The van der Waals surface area contributed by atoms with E-state index in [4.69, 9.17) is 26.9 Å². The molecule has 1 N–H and O–H groups in total. The minimum absolute atomic E-state index is 0.0243. The van der Waals surface area contributed by atoms with Crippen LogP contribution in [0.3, 0.4) is 0 Å². The van der Waals surface area contributed by atoms with Crippen molar-refractivity contribution in [2.24, 2.45) is 0 Å². The maximum atomic E-state index is 13.7. The van der Waals surface area contributed by atoms with Gasteiger partial charge in [-0.15, -0.1) is 0 Å². The van der Waals surface area contributed by atoms with Crippen molar-refractivity contribution in [3.63, 3.8) is 0 Å². The van der Waals surface area contributed by atoms with Crippen LogP contribution in [0, 0.1) is 28.5 Å². The van der Waals surface area contributed by atoms with Gasteiger partial charge < -0.3 is 10.1 Å². The first-order valence-electron chi connectivity index (χ1n) is 8.44. The van der Waals surface area contributed by atoms with Gasteiger partial charge in [0, 0.05) is 0 Å². The fraction of sp³-hybridized carbons (Fsp3) is 0.0455. The lowest BCUT2D eigenvalue weighted by atomic mass is 10.1. The summed E-state index contributed by atoms with van der Waals surface area (Å²) in [5.74, 6) is -0.384. The van der Waals surface area contributed by atoms with E-state index in [1.54, 1.807) is 24.3 Å². The van der Waals surface area contributed by atoms with Crippen molar-refractivity contribution in [1.82, 2.24) is 0 Å². The minimum atomic E-state index is -0.522. The van der Waals surface area contributed by atoms with Crippen LogP contribution in [0.25, 0.3) is 0 Å². The van der Waals surface area contributed by atoms with Crippen LogP contribution in [-0.2, 0) is 11.2 Å². The Morgan fingerprint density at radius 1 is 1.03 bits per heavy atom. The number of nitrogens with one attached hydrogen (secondary N) is 1. The Hall–Kier alpha value is -3.87. The quantitative estimate of drug-likeness (QED) is 0.632. The van der Waals surface area contributed by atoms with Crippen LogP contribution in [0.4, 0.5) is 10.1 Å². The number of benzene rings is 3. The van der Waals surface area contributed by atoms with E-state index in [0.717, 1.165) is 0 Å². The summed E-state index contributed by atoms with van der Waals surface area (Å²) in [5.41, 5.74) is 1.24. The number of anilines is 1. The molecule has 142 valence electrons. The molecular formula is C22H13ClFN3O2. The number of nitriles is 2. The zero-order valence-corrected chi connectivity index (χ0v) is 15.7. The largest absolute Gasteiger partial charge is 0.456 e. The lowest BCUT2D eigenvalue weighted by molar-refractivity contribution is -0.115. The van der Waals surface area contributed by atoms with Crippen molar-refractivity contribution in [2.75, 3.05) is 5.32 Å². The molecule has 0 spiro atoms. The zero-order chi connectivity index (χ0) is 20.8. The number of rotatable bonds is 5. The molecule has 0 radical (unpaired) electrons. The standard InChI is InChI=1S/C22H13ClFN3O2/c23-18-6-5-14(11-22(28)27-20-4-2-1-3-19(20)24)10-21(18)29-17-8-15(12-25)7-16(9-17)13-26/h1-10H,11H2,(H,27,28). The summed E-state index contributed by atoms with van der Waals surface area (Å²) in [7, 11) is 0. The predicted molar refractivity (Wildman–Crippen MR) is 106 cm³/mol. The lowest BCUT2D eigenvalue weighted by Crippen LogP contribution is -2.15. The van der Waals surface area contributed by atoms with Gasteiger partial charge in [-0.1, -0.05) is 29.8 Å². The van der Waals surface area contributed by atoms with Crippen LogP contribution in [0.1, 0.15) is 16.7 Å². The van der Waals surface area contributed by atoms with Crippen molar-refractivity contribution in [1.29, 1.82) is 10.5 Å². The molecule has 0 atom stereocenters. The second-order valence-electron chi connectivity index (χ2n) is 6.04. The number of nitrogens with zero attached hydrogens (tertiary/aromatic N) is 2. The van der Waals surface area contributed by atoms with Crippen molar-refractivity contribution in [3.8, 4) is 23.6 Å². The third-order valence-electron chi connectivity index (χ3n) is 3.90. The maximum absolute atomic E-state index is 13.7. The van der Waals surface area contributed by atoms with Crippen molar-refractivity contribution < 1.29 is 13.9 Å². The van der Waals surface area contributed by atoms with E-state index >= 15 is 0 Å². The Morgan fingerprint density at radius 2 is 1.72 bits per heavy atom. The molecule has 3 aromatic carbocycles. The lowest BCUT2D eigenvalue weighted by Gasteiger charge is -2.11. The van der Waals surface area contributed by atoms with Gasteiger partial charge in [-0.3, -0.25) is 4.79 Å². The molecule has 5 nitrogen and oxygen atoms in total. The molecule has 3 aromatic rings. The Balaban J connectivity index is 1.78. The predicted octanol–water partition coefficient (Wildman–Crippen LogP) is 5.20. The van der Waals surface area contributed by atoms with E-state index < -0.39 is 11.7 Å². The van der Waals surface area contributed by atoms with E-state index in [2.05, 4.69) is 5.32 Å². The molecule has 1 amide bonds. The average molecular weight is 406 g/mol. The van der Waals surface area contributed by atoms with Crippen molar-refractivity contribution in [2.45, 2.75) is 6.42 Å². The molecule has 0 fully saturated rings. The van der Waals surface area contributed by atoms with Crippen LogP contribution < -0.4 is 10.1 Å². The van der Waals surface area contributed by atoms with Gasteiger partial charge in [-0.2, -0.15) is 10.5 Å². The van der Waals surface area contributed by atoms with E-state index in [0.29, 0.717) is 10.6 Å². The average Bonchev–Trinajstić information content (AvgIpc) is 2.72. The molecule has 0 saturated heterocycles. The summed E-state index contributed by atoms with van der Waals surface area (Å²) < 4.78 is 19.4. The fourth-order valence-electron chi connectivity index (χ4n) is 2.59. The van der Waals surface area contributed by atoms with Gasteiger partial charge in [-0.25, -0.2) is 4.39 Å². The Morgan fingerprint density at radius 3 is 2.38 bits per heavy atom. The van der Waals surface area contributed by atoms with Crippen LogP contribution in [0.5, 0.6) is 11.5 Å². The van der Waals surface area contributed by atoms with Crippen LogP contribution in [-0.4, -0.2) is 5.91 Å². The van der Waals surface area contributed by atoms with E-state index in [-0.39, 0.29) is 34.7 Å². The number of carbonyl (C=O) groups excluding carboxylic acids is 1. The van der Waals surface area contributed by atoms with Gasteiger partial charge in [0.2, 0.25) is 5.91 Å². The highest BCUT2D eigenvalue weighted by atomic mass is 35.5. The second-order valence-corrected chi connectivity index (χ2v) is 6.45. The maximum Gasteiger partial charge on any atom is 0.228 e. The number of ether oxygens (including phenoxy) is 1. The Bertz CT molecular complexity index is 1130. The van der Waals surface area contributed by atoms with Gasteiger partial charge in [0.05, 0.1) is 40.4 Å². The smallest absolute Gasteiger partial charge is 0.228 e. The fourth-order valence-corrected chi connectivity index (χ4v) is 2.75. The van der Waals surface area contributed by atoms with Gasteiger partial charge in [0.15, 0.2) is 0 Å². The number of amides is 1. The topological polar surface area (TPSA) is 85.9 Å². The Labute approximate surface area is 171 Å². The molecule has 0 saturated carbocycles. The van der Waals surface area contributed by atoms with Gasteiger partial charge in [0.1, 0.15) is 17.3 Å². The first kappa shape index (κ1) is 19.9. The zero-order valence-electron chi connectivity index (χ0n) is 14.9. The summed E-state index contributed by atoms with van der Waals surface area (Å²) in [6, 6.07) is 19.0. The molecule has 0 aliphatic rings. The summed E-state index contributed by atoms with van der Waals surface area (Å²) in [4.78, 5) is 12.2. The molecule has 3 rings (SSSR count). The first-order valence-corrected chi connectivity index (χ1v) is 8.82. The van der Waals surface area contributed by atoms with Crippen LogP contribution in [0.15, 0.2) is 60.7 Å². The number of hydrogen-bond donors (Lipinski definition) is 1. The third-order valence-corrected chi connectivity index (χ3v) is 4.21. The highest BCUT2D eigenvalue weighted by molar-refractivity contribution is 6.32. The number of para-hydroxylation sites is 1. The summed E-state index contributed by atoms with van der Waals surface area (Å²) in [6.07, 6.45) is -0.0243. The van der Waals surface area contributed by atoms with Crippen molar-refractivity contribution >= 4 is 23.2 Å². The minimum Gasteiger partial charge on any atom is -0.456 e. The molecule has 0 aliphatic carbocycles. The van der Waals surface area contributed by atoms with Crippen LogP contribution in [0.2, 0.25) is 5.02 Å². The monoisotopic (exact) mass is 405 g/mol. The molecular weight excluding hydrogens is 393 g/mol. The van der Waals surface area contributed by atoms with Crippen LogP contribution >= 0.6 is 11.6 Å². The summed E-state index contributed by atoms with van der Waals surface area (Å²) in [5, 5.41) is 21.0. The molecule has 0 heterocycles. The molecule has 0 unspecified atom stereocenters. The SMILES string of the molecule is N#Cc1cc(C#N)cc(Oc2cc(CC(=O)Nc3ccccc3F)ccc2Cl)c1. The summed E-state index contributed by atoms with van der Waals surface area (Å²) in [6.45, 7) is 0. The molecule has 29 heavy (non-hydrogen) atoms. The van der Waals surface area contributed by atoms with Gasteiger partial charge >= 0.3 is 0 Å². The van der Waals surface area contributed by atoms with Gasteiger partial charge in [0.25, 0.3) is 0 Å². The Kier molecular flexibility index (Phi) is 6.09. The normalized spacial score (nSPS) is 9.93. The van der Waals surface area contributed by atoms with E-state index in [1.165, 1.54) is 36.4 Å². The summed E-state index contributed by atoms with van der Waals surface area (Å²) >= 11 is 6.18. The highest BCUT2D eigenvalue weighted by Gasteiger charge is 2.11. The number of halogens is 2. The third kappa shape index (κ3) is 5.10. The number of hydrogen-bond acceptors (Lipinski definition) is 4.